The van der Waals surface area contributed by atoms with E-state index >= 15 is 0 Å². The van der Waals surface area contributed by atoms with Gasteiger partial charge < -0.3 is 46.2 Å². The van der Waals surface area contributed by atoms with E-state index < -0.39 is 54.5 Å². The van der Waals surface area contributed by atoms with Crippen LogP contribution in [0.3, 0.4) is 0 Å². The lowest BCUT2D eigenvalue weighted by molar-refractivity contribution is -0.190. The van der Waals surface area contributed by atoms with Gasteiger partial charge in [-0.2, -0.15) is 0 Å². The number of aliphatic imine (C=N–C) groups is 1. The third kappa shape index (κ3) is 16.1. The van der Waals surface area contributed by atoms with Crippen molar-refractivity contribution in [3.8, 4) is 0 Å². The molecule has 0 aliphatic carbocycles. The van der Waals surface area contributed by atoms with Crippen molar-refractivity contribution in [3.05, 3.63) is 48.8 Å². The number of nitrogens with two attached hydrogens (primary N) is 3. The van der Waals surface area contributed by atoms with Crippen molar-refractivity contribution in [1.29, 1.82) is 0 Å². The van der Waals surface area contributed by atoms with Crippen LogP contribution in [0.1, 0.15) is 79.1 Å². The van der Waals surface area contributed by atoms with Gasteiger partial charge in [0.1, 0.15) is 12.1 Å². The van der Waals surface area contributed by atoms with Gasteiger partial charge in [-0.15, -0.1) is 0 Å². The number of esters is 3. The highest BCUT2D eigenvalue weighted by atomic mass is 16.7. The minimum Gasteiger partial charge on any atom is -0.478 e. The van der Waals surface area contributed by atoms with Crippen molar-refractivity contribution in [1.82, 2.24) is 5.32 Å². The Kier molecular flexibility index (Phi) is 20.2. The number of unbranched alkanes of at least 4 members (excludes halogenated alkanes) is 4. The number of nitrogens with one attached hydrogen (secondary N) is 1. The summed E-state index contributed by atoms with van der Waals surface area (Å²) in [6.45, 7) is 10.5. The minimum atomic E-state index is -1.36. The lowest BCUT2D eigenvalue weighted by Gasteiger charge is -2.39. The molecule has 14 heteroatoms. The van der Waals surface area contributed by atoms with Gasteiger partial charge in [-0.25, -0.2) is 9.79 Å². The number of amides is 1. The zero-order valence-electron chi connectivity index (χ0n) is 28.9. The molecule has 0 fully saturated rings. The molecule has 1 unspecified atom stereocenters. The molecule has 6 atom stereocenters. The van der Waals surface area contributed by atoms with Crippen LogP contribution in [-0.2, 0) is 42.9 Å². The van der Waals surface area contributed by atoms with Crippen LogP contribution < -0.4 is 22.5 Å². The number of rotatable bonds is 22. The van der Waals surface area contributed by atoms with Crippen molar-refractivity contribution >= 4 is 29.8 Å². The van der Waals surface area contributed by atoms with E-state index in [-0.39, 0.29) is 43.1 Å². The topological polar surface area (TPSA) is 217 Å². The summed E-state index contributed by atoms with van der Waals surface area (Å²) in [6, 6.07) is -2.83. The molecule has 1 rings (SSSR count). The largest absolute Gasteiger partial charge is 0.478 e. The molecule has 1 amide bonds. The number of allylic oxidation sites excluding steroid dienone is 4. The summed E-state index contributed by atoms with van der Waals surface area (Å²) >= 11 is 0. The number of carbonyl (C=O) groups is 4. The first-order valence-corrected chi connectivity index (χ1v) is 16.4. The van der Waals surface area contributed by atoms with E-state index in [4.69, 9.17) is 40.9 Å². The summed E-state index contributed by atoms with van der Waals surface area (Å²) in [6.07, 6.45) is 11.8. The van der Waals surface area contributed by atoms with Crippen LogP contribution in [0.4, 0.5) is 0 Å². The molecule has 48 heavy (non-hydrogen) atoms. The quantitative estimate of drug-likeness (QED) is 0.0325. The molecular formula is C34H55N5O9. The third-order valence-corrected chi connectivity index (χ3v) is 7.29. The fourth-order valence-corrected chi connectivity index (χ4v) is 4.67. The maximum Gasteiger partial charge on any atom is 0.376 e. The second-order valence-electron chi connectivity index (χ2n) is 11.7. The molecule has 270 valence electrons. The molecule has 0 saturated carbocycles. The van der Waals surface area contributed by atoms with E-state index in [0.29, 0.717) is 6.42 Å². The third-order valence-electron chi connectivity index (χ3n) is 7.29. The number of hydrogen-bond donors (Lipinski definition) is 4. The first-order chi connectivity index (χ1) is 22.8. The van der Waals surface area contributed by atoms with Crippen molar-refractivity contribution < 1.29 is 42.9 Å². The van der Waals surface area contributed by atoms with E-state index in [1.54, 1.807) is 44.2 Å². The van der Waals surface area contributed by atoms with Gasteiger partial charge in [0.25, 0.3) is 6.29 Å². The average molecular weight is 678 g/mol. The van der Waals surface area contributed by atoms with Crippen LogP contribution in [0.15, 0.2) is 53.8 Å². The number of nitrogens with zero attached hydrogens (tertiary/aromatic N) is 1. The van der Waals surface area contributed by atoms with Crippen molar-refractivity contribution in [2.75, 3.05) is 13.7 Å². The van der Waals surface area contributed by atoms with Gasteiger partial charge in [0.15, 0.2) is 5.96 Å². The lowest BCUT2D eigenvalue weighted by atomic mass is 9.93. The predicted molar refractivity (Wildman–Crippen MR) is 182 cm³/mol. The Bertz CT molecular complexity index is 1160. The average Bonchev–Trinajstić information content (AvgIpc) is 3.02. The van der Waals surface area contributed by atoms with Crippen LogP contribution in [-0.4, -0.2) is 80.1 Å². The highest BCUT2D eigenvalue weighted by Crippen LogP contribution is 2.27. The highest BCUT2D eigenvalue weighted by Gasteiger charge is 2.43. The van der Waals surface area contributed by atoms with E-state index in [2.05, 4.69) is 23.8 Å². The van der Waals surface area contributed by atoms with Crippen LogP contribution in [0.2, 0.25) is 0 Å². The van der Waals surface area contributed by atoms with Gasteiger partial charge in [0.05, 0.1) is 24.8 Å². The number of methoxy groups -OCH3 is 1. The molecule has 0 radical (unpaired) electrons. The molecule has 1 heterocycles. The van der Waals surface area contributed by atoms with E-state index in [9.17, 15) is 19.2 Å². The molecular weight excluding hydrogens is 622 g/mol. The summed E-state index contributed by atoms with van der Waals surface area (Å²) < 4.78 is 28.2. The van der Waals surface area contributed by atoms with Crippen molar-refractivity contribution in [2.45, 2.75) is 116 Å². The van der Waals surface area contributed by atoms with Gasteiger partial charge in [-0.1, -0.05) is 83.4 Å². The summed E-state index contributed by atoms with van der Waals surface area (Å²) in [5.41, 5.74) is 17.4. The molecule has 14 nitrogen and oxygen atoms in total. The summed E-state index contributed by atoms with van der Waals surface area (Å²) in [5, 5.41) is 2.77. The normalized spacial score (nSPS) is 19.5. The van der Waals surface area contributed by atoms with Gasteiger partial charge in [-0.3, -0.25) is 14.4 Å². The minimum absolute atomic E-state index is 0.00298. The molecule has 0 aromatic heterocycles. The van der Waals surface area contributed by atoms with Crippen LogP contribution >= 0.6 is 0 Å². The van der Waals surface area contributed by atoms with Gasteiger partial charge in [0.2, 0.25) is 11.7 Å². The smallest absolute Gasteiger partial charge is 0.376 e. The highest BCUT2D eigenvalue weighted by molar-refractivity contribution is 5.87. The molecule has 0 aromatic carbocycles. The second-order valence-corrected chi connectivity index (χ2v) is 11.7. The van der Waals surface area contributed by atoms with Crippen molar-refractivity contribution in [2.24, 2.45) is 28.1 Å². The molecule has 1 aliphatic rings. The Labute approximate surface area is 284 Å². The second kappa shape index (κ2) is 23.2. The van der Waals surface area contributed by atoms with E-state index in [0.717, 1.165) is 32.1 Å². The first kappa shape index (κ1) is 41.9. The molecule has 1 aliphatic heterocycles. The summed E-state index contributed by atoms with van der Waals surface area (Å²) in [4.78, 5) is 54.9. The number of ether oxygens (including phenoxy) is 5. The Morgan fingerprint density at radius 3 is 2.40 bits per heavy atom. The Morgan fingerprint density at radius 2 is 1.79 bits per heavy atom. The maximum absolute atomic E-state index is 13.5. The van der Waals surface area contributed by atoms with Crippen LogP contribution in [0.5, 0.6) is 0 Å². The number of carbonyl (C=O) groups excluding carboxylic acids is 4. The molecule has 0 bridgehead atoms. The van der Waals surface area contributed by atoms with E-state index in [1.165, 1.54) is 20.1 Å². The van der Waals surface area contributed by atoms with Gasteiger partial charge in [-0.05, 0) is 18.4 Å². The zero-order chi connectivity index (χ0) is 36.1. The monoisotopic (exact) mass is 677 g/mol. The number of guanidine groups is 1. The lowest BCUT2D eigenvalue weighted by Crippen LogP contribution is -2.58. The molecule has 0 saturated heterocycles. The first-order valence-electron chi connectivity index (χ1n) is 16.4. The Morgan fingerprint density at radius 1 is 1.08 bits per heavy atom. The number of hydrogen-bond acceptors (Lipinski definition) is 11. The van der Waals surface area contributed by atoms with Gasteiger partial charge >= 0.3 is 17.9 Å². The SMILES string of the molecule is C=C/C=C\C=C/CC(OC(=O)C1=C[C@H](N=C(N)N)[C@@H](NC(C)=O)[C@H]([C@H](CCOC(=O)CCCCCCC)OC)O1)OC(=O)[C@@H](N)C(C)C. The van der Waals surface area contributed by atoms with Crippen molar-refractivity contribution in [3.63, 3.8) is 0 Å². The van der Waals surface area contributed by atoms with Gasteiger partial charge in [0, 0.05) is 33.3 Å². The predicted octanol–water partition coefficient (Wildman–Crippen LogP) is 2.81. The van der Waals surface area contributed by atoms with Crippen LogP contribution in [0.25, 0.3) is 0 Å². The molecule has 0 aromatic rings. The maximum atomic E-state index is 13.5. The standard InChI is InChI=1S/C34H55N5O9/c1-7-9-11-13-15-17-27(41)45-20-19-25(44-6)31-30(38-23(5)40)24(39-34(36)37)21-26(46-31)32(42)47-28(18-16-14-12-10-8-2)48-33(43)29(35)22(3)4/h8,10,12,14,16,21-22,24-25,28-31H,2,7,9,11,13,15,17-20,35H2,1,3-6H3,(H,38,40)(H4,36,37,39)/b12-10-,16-14-/t24-,25-,28?,29-,30+,31-/m0/s1. The fraction of sp³-hybridized carbons (Fsp3) is 0.618. The van der Waals surface area contributed by atoms with Crippen LogP contribution in [0, 0.1) is 5.92 Å². The zero-order valence-corrected chi connectivity index (χ0v) is 28.9. The summed E-state index contributed by atoms with van der Waals surface area (Å²) in [5.74, 6) is -3.35. The Balaban J connectivity index is 3.26. The van der Waals surface area contributed by atoms with E-state index in [1.807, 2.05) is 0 Å². The molecule has 0 spiro atoms. The molecule has 7 N–H and O–H groups in total. The Hall–Kier alpha value is -4.17. The summed E-state index contributed by atoms with van der Waals surface area (Å²) in [7, 11) is 1.42. The fourth-order valence-electron chi connectivity index (χ4n) is 4.67.